The van der Waals surface area contributed by atoms with Gasteiger partial charge in [-0.1, -0.05) is 12.1 Å². The molecular weight excluding hydrogens is 392 g/mol. The number of nitrogens with zero attached hydrogens (tertiary/aromatic N) is 2. The minimum atomic E-state index is -3.25. The van der Waals surface area contributed by atoms with Gasteiger partial charge >= 0.3 is 0 Å². The van der Waals surface area contributed by atoms with Crippen LogP contribution in [0, 0.1) is 6.92 Å². The third-order valence-electron chi connectivity index (χ3n) is 4.21. The Balaban J connectivity index is 2.06. The molecular formula is C20H28N4O4S. The molecule has 2 rings (SSSR count). The third kappa shape index (κ3) is 7.26. The molecule has 0 atom stereocenters. The number of sulfone groups is 1. The zero-order valence-corrected chi connectivity index (χ0v) is 18.0. The normalized spacial score (nSPS) is 11.9. The van der Waals surface area contributed by atoms with Crippen molar-refractivity contribution in [2.75, 3.05) is 33.4 Å². The van der Waals surface area contributed by atoms with Gasteiger partial charge in [0.15, 0.2) is 15.8 Å². The van der Waals surface area contributed by atoms with Gasteiger partial charge in [-0.3, -0.25) is 4.79 Å². The molecule has 0 saturated heterocycles. The lowest BCUT2D eigenvalue weighted by molar-refractivity contribution is -0.127. The first kappa shape index (κ1) is 22.5. The van der Waals surface area contributed by atoms with Gasteiger partial charge in [0, 0.05) is 33.3 Å². The molecule has 1 aromatic heterocycles. The summed E-state index contributed by atoms with van der Waals surface area (Å²) in [6.45, 7) is 2.81. The van der Waals surface area contributed by atoms with Gasteiger partial charge in [-0.25, -0.2) is 13.4 Å². The first-order valence-electron chi connectivity index (χ1n) is 9.21. The smallest absolute Gasteiger partial charge is 0.241 e. The maximum atomic E-state index is 11.9. The number of hydrogen-bond acceptors (Lipinski definition) is 5. The Bertz CT molecular complexity index is 951. The van der Waals surface area contributed by atoms with Gasteiger partial charge in [0.25, 0.3) is 0 Å². The van der Waals surface area contributed by atoms with E-state index in [0.29, 0.717) is 35.9 Å². The molecule has 0 aliphatic heterocycles. The number of carbonyl (C=O) groups excluding carboxylic acids is 1. The predicted molar refractivity (Wildman–Crippen MR) is 113 cm³/mol. The molecule has 0 unspecified atom stereocenters. The summed E-state index contributed by atoms with van der Waals surface area (Å²) in [6.07, 6.45) is 3.50. The number of furan rings is 1. The summed E-state index contributed by atoms with van der Waals surface area (Å²) in [4.78, 5) is 18.2. The quantitative estimate of drug-likeness (QED) is 0.494. The molecule has 8 nitrogen and oxygen atoms in total. The molecule has 0 fully saturated rings. The lowest BCUT2D eigenvalue weighted by Crippen LogP contribution is -2.43. The van der Waals surface area contributed by atoms with Crippen LogP contribution < -0.4 is 10.6 Å². The van der Waals surface area contributed by atoms with Gasteiger partial charge in [0.05, 0.1) is 24.2 Å². The fraction of sp³-hybridized carbons (Fsp3) is 0.400. The Morgan fingerprint density at radius 1 is 1.21 bits per heavy atom. The van der Waals surface area contributed by atoms with Crippen molar-refractivity contribution < 1.29 is 17.6 Å². The van der Waals surface area contributed by atoms with Crippen molar-refractivity contribution in [2.45, 2.75) is 24.8 Å². The van der Waals surface area contributed by atoms with Crippen molar-refractivity contribution in [1.82, 2.24) is 15.5 Å². The van der Waals surface area contributed by atoms with Crippen LogP contribution in [-0.4, -0.2) is 58.6 Å². The molecule has 0 aliphatic rings. The van der Waals surface area contributed by atoms with Crippen LogP contribution in [0.4, 0.5) is 0 Å². The van der Waals surface area contributed by atoms with Crippen molar-refractivity contribution in [3.8, 4) is 0 Å². The maximum Gasteiger partial charge on any atom is 0.241 e. The van der Waals surface area contributed by atoms with E-state index in [2.05, 4.69) is 15.6 Å². The van der Waals surface area contributed by atoms with E-state index in [0.717, 1.165) is 11.3 Å². The fourth-order valence-electron chi connectivity index (χ4n) is 2.65. The number of rotatable bonds is 8. The zero-order valence-electron chi connectivity index (χ0n) is 17.2. The molecule has 0 spiro atoms. The molecule has 2 aromatic rings. The average molecular weight is 421 g/mol. The molecule has 0 bridgehead atoms. The monoisotopic (exact) mass is 420 g/mol. The Hall–Kier alpha value is -2.81. The van der Waals surface area contributed by atoms with Crippen LogP contribution in [0.25, 0.3) is 0 Å². The summed E-state index contributed by atoms with van der Waals surface area (Å²) < 4.78 is 28.8. The van der Waals surface area contributed by atoms with Crippen LogP contribution >= 0.6 is 0 Å². The highest BCUT2D eigenvalue weighted by Gasteiger charge is 2.11. The zero-order chi connectivity index (χ0) is 21.4. The standard InChI is InChI=1S/C20H28N4O4S/c1-15-12-16(7-8-18(15)29(4,26)27)13-22-20(23-14-19(25)24(2)3)21-10-9-17-6-5-11-28-17/h5-8,11-12H,9-10,13-14H2,1-4H3,(H2,21,22,23). The summed E-state index contributed by atoms with van der Waals surface area (Å²) in [5.74, 6) is 1.28. The van der Waals surface area contributed by atoms with Crippen LogP contribution in [0.5, 0.6) is 0 Å². The predicted octanol–water partition coefficient (Wildman–Crippen LogP) is 1.36. The summed E-state index contributed by atoms with van der Waals surface area (Å²) in [6, 6.07) is 8.89. The summed E-state index contributed by atoms with van der Waals surface area (Å²) in [5, 5.41) is 6.21. The summed E-state index contributed by atoms with van der Waals surface area (Å²) in [5.41, 5.74) is 1.56. The van der Waals surface area contributed by atoms with Crippen molar-refractivity contribution >= 4 is 21.7 Å². The van der Waals surface area contributed by atoms with Gasteiger partial charge in [-0.05, 0) is 36.2 Å². The average Bonchev–Trinajstić information content (AvgIpc) is 3.15. The van der Waals surface area contributed by atoms with E-state index in [9.17, 15) is 13.2 Å². The second kappa shape index (κ2) is 10.1. The van der Waals surface area contributed by atoms with Crippen LogP contribution in [-0.2, 0) is 27.6 Å². The molecule has 158 valence electrons. The van der Waals surface area contributed by atoms with E-state index >= 15 is 0 Å². The summed E-state index contributed by atoms with van der Waals surface area (Å²) >= 11 is 0. The Morgan fingerprint density at radius 3 is 2.55 bits per heavy atom. The second-order valence-corrected chi connectivity index (χ2v) is 8.92. The lowest BCUT2D eigenvalue weighted by Gasteiger charge is -2.15. The fourth-order valence-corrected chi connectivity index (χ4v) is 3.61. The largest absolute Gasteiger partial charge is 0.469 e. The Kier molecular flexibility index (Phi) is 7.83. The number of carbonyl (C=O) groups is 1. The summed E-state index contributed by atoms with van der Waals surface area (Å²) in [7, 11) is 0.131. The highest BCUT2D eigenvalue weighted by Crippen LogP contribution is 2.17. The van der Waals surface area contributed by atoms with Crippen molar-refractivity contribution in [2.24, 2.45) is 4.99 Å². The number of guanidine groups is 1. The van der Waals surface area contributed by atoms with E-state index in [1.165, 1.54) is 11.2 Å². The third-order valence-corrected chi connectivity index (χ3v) is 5.47. The molecule has 9 heteroatoms. The number of amides is 1. The van der Waals surface area contributed by atoms with Gasteiger partial charge in [0.1, 0.15) is 5.76 Å². The van der Waals surface area contributed by atoms with Crippen LogP contribution in [0.15, 0.2) is 50.9 Å². The van der Waals surface area contributed by atoms with Crippen molar-refractivity contribution in [3.63, 3.8) is 0 Å². The molecule has 0 saturated carbocycles. The number of aryl methyl sites for hydroxylation is 1. The molecule has 0 radical (unpaired) electrons. The van der Waals surface area contributed by atoms with Gasteiger partial charge in [-0.2, -0.15) is 0 Å². The highest BCUT2D eigenvalue weighted by molar-refractivity contribution is 7.90. The minimum Gasteiger partial charge on any atom is -0.469 e. The molecule has 0 aliphatic carbocycles. The van der Waals surface area contributed by atoms with Crippen molar-refractivity contribution in [3.05, 3.63) is 53.5 Å². The van der Waals surface area contributed by atoms with Gasteiger partial charge in [-0.15, -0.1) is 0 Å². The van der Waals surface area contributed by atoms with E-state index in [1.54, 1.807) is 39.4 Å². The van der Waals surface area contributed by atoms with E-state index in [4.69, 9.17) is 4.42 Å². The molecule has 29 heavy (non-hydrogen) atoms. The minimum absolute atomic E-state index is 0.0705. The SMILES string of the molecule is Cc1cc(CN=C(NCCc2ccco2)NCC(=O)N(C)C)ccc1S(C)(=O)=O. The lowest BCUT2D eigenvalue weighted by atomic mass is 10.1. The van der Waals surface area contributed by atoms with E-state index in [1.807, 2.05) is 18.2 Å². The first-order chi connectivity index (χ1) is 13.7. The number of nitrogens with one attached hydrogen (secondary N) is 2. The van der Waals surface area contributed by atoms with Crippen LogP contribution in [0.1, 0.15) is 16.9 Å². The highest BCUT2D eigenvalue weighted by atomic mass is 32.2. The van der Waals surface area contributed by atoms with Crippen LogP contribution in [0.2, 0.25) is 0 Å². The maximum absolute atomic E-state index is 11.9. The van der Waals surface area contributed by atoms with Gasteiger partial charge < -0.3 is 20.0 Å². The Labute approximate surface area is 171 Å². The Morgan fingerprint density at radius 2 is 1.97 bits per heavy atom. The molecule has 1 amide bonds. The first-order valence-corrected chi connectivity index (χ1v) is 11.1. The topological polar surface area (TPSA) is 104 Å². The van der Waals surface area contributed by atoms with E-state index < -0.39 is 9.84 Å². The van der Waals surface area contributed by atoms with Gasteiger partial charge in [0.2, 0.25) is 5.91 Å². The number of likely N-dealkylation sites (N-methyl/N-ethyl adjacent to an activating group) is 1. The number of hydrogen-bond donors (Lipinski definition) is 2. The molecule has 1 aromatic carbocycles. The van der Waals surface area contributed by atoms with Crippen LogP contribution in [0.3, 0.4) is 0 Å². The van der Waals surface area contributed by atoms with E-state index in [-0.39, 0.29) is 12.5 Å². The second-order valence-electron chi connectivity index (χ2n) is 6.93. The number of benzene rings is 1. The number of aliphatic imine (C=N–C) groups is 1. The molecule has 2 N–H and O–H groups in total. The molecule has 1 heterocycles. The van der Waals surface area contributed by atoms with Crippen molar-refractivity contribution in [1.29, 1.82) is 0 Å².